The summed E-state index contributed by atoms with van der Waals surface area (Å²) in [4.78, 5) is 0. The van der Waals surface area contributed by atoms with E-state index in [-0.39, 0.29) is 0 Å². The van der Waals surface area contributed by atoms with E-state index in [1.807, 2.05) is 0 Å². The minimum absolute atomic E-state index is 0.412. The molecule has 0 fully saturated rings. The van der Waals surface area contributed by atoms with Crippen LogP contribution in [-0.2, 0) is 19.4 Å². The highest BCUT2D eigenvalue weighted by molar-refractivity contribution is 9.09. The Bertz CT molecular complexity index is 607. The fourth-order valence-electron chi connectivity index (χ4n) is 2.74. The lowest BCUT2D eigenvalue weighted by atomic mass is 9.92. The highest BCUT2D eigenvalue weighted by Gasteiger charge is 2.20. The predicted octanol–water partition coefficient (Wildman–Crippen LogP) is 5.15. The van der Waals surface area contributed by atoms with Gasteiger partial charge in [-0.15, -0.1) is 0 Å². The zero-order chi connectivity index (χ0) is 15.4. The predicted molar refractivity (Wildman–Crippen MR) is 93.7 cm³/mol. The van der Waals surface area contributed by atoms with Gasteiger partial charge in [0, 0.05) is 11.9 Å². The van der Waals surface area contributed by atoms with Crippen molar-refractivity contribution in [1.29, 1.82) is 0 Å². The van der Waals surface area contributed by atoms with E-state index in [9.17, 15) is 0 Å². The molecule has 1 aromatic heterocycles. The van der Waals surface area contributed by atoms with Gasteiger partial charge in [-0.1, -0.05) is 58.7 Å². The molecule has 0 aliphatic rings. The molecule has 4 heteroatoms. The van der Waals surface area contributed by atoms with E-state index in [1.54, 1.807) is 0 Å². The summed E-state index contributed by atoms with van der Waals surface area (Å²) in [6.45, 7) is 7.24. The van der Waals surface area contributed by atoms with Crippen LogP contribution in [0, 0.1) is 6.92 Å². The van der Waals surface area contributed by atoms with E-state index < -0.39 is 0 Å². The minimum Gasteiger partial charge on any atom is -0.268 e. The normalized spacial score (nSPS) is 12.6. The van der Waals surface area contributed by atoms with Gasteiger partial charge in [0.25, 0.3) is 0 Å². The highest BCUT2D eigenvalue weighted by atomic mass is 79.9. The van der Waals surface area contributed by atoms with Crippen LogP contribution >= 0.6 is 27.5 Å². The van der Waals surface area contributed by atoms with E-state index in [0.717, 1.165) is 41.1 Å². The van der Waals surface area contributed by atoms with Gasteiger partial charge in [0.15, 0.2) is 0 Å². The molecule has 1 atom stereocenters. The number of hydrogen-bond donors (Lipinski definition) is 0. The van der Waals surface area contributed by atoms with Gasteiger partial charge in [-0.3, -0.25) is 4.68 Å². The van der Waals surface area contributed by atoms with Gasteiger partial charge in [-0.05, 0) is 43.7 Å². The Hall–Kier alpha value is -0.800. The van der Waals surface area contributed by atoms with Crippen LogP contribution in [0.4, 0.5) is 0 Å². The number of nitrogens with zero attached hydrogens (tertiary/aromatic N) is 2. The third kappa shape index (κ3) is 3.51. The van der Waals surface area contributed by atoms with Gasteiger partial charge in [-0.2, -0.15) is 5.10 Å². The lowest BCUT2D eigenvalue weighted by Gasteiger charge is -2.18. The van der Waals surface area contributed by atoms with Crippen LogP contribution in [0.1, 0.15) is 42.3 Å². The van der Waals surface area contributed by atoms with Crippen LogP contribution in [0.3, 0.4) is 0 Å². The summed E-state index contributed by atoms with van der Waals surface area (Å²) >= 11 is 10.2. The first kappa shape index (κ1) is 16.6. The first-order valence-electron chi connectivity index (χ1n) is 7.47. The quantitative estimate of drug-likeness (QED) is 0.644. The number of halogens is 2. The first-order chi connectivity index (χ1) is 10.1. The summed E-state index contributed by atoms with van der Waals surface area (Å²) in [5.74, 6) is 0.412. The molecule has 0 aliphatic heterocycles. The standard InChI is InChI=1S/C17H22BrClN2/c1-4-15-17(19)16(21(5-2)20-15)10-13(11-18)14-9-7-6-8-12(14)3/h6-9,13H,4-5,10-11H2,1-3H3. The second kappa shape index (κ2) is 7.46. The summed E-state index contributed by atoms with van der Waals surface area (Å²) in [5, 5.41) is 6.39. The van der Waals surface area contributed by atoms with Gasteiger partial charge in [0.1, 0.15) is 0 Å². The minimum atomic E-state index is 0.412. The van der Waals surface area contributed by atoms with Crippen molar-refractivity contribution in [2.24, 2.45) is 0 Å². The molecule has 2 nitrogen and oxygen atoms in total. The van der Waals surface area contributed by atoms with Crippen molar-refractivity contribution in [2.45, 2.75) is 46.1 Å². The number of hydrogen-bond acceptors (Lipinski definition) is 1. The number of aromatic nitrogens is 2. The Morgan fingerprint density at radius 2 is 2.00 bits per heavy atom. The number of benzene rings is 1. The average Bonchev–Trinajstić information content (AvgIpc) is 2.81. The fourth-order valence-corrected chi connectivity index (χ4v) is 3.66. The topological polar surface area (TPSA) is 17.8 Å². The van der Waals surface area contributed by atoms with E-state index in [0.29, 0.717) is 5.92 Å². The van der Waals surface area contributed by atoms with Crippen molar-refractivity contribution in [3.05, 3.63) is 51.8 Å². The van der Waals surface area contributed by atoms with E-state index in [1.165, 1.54) is 11.1 Å². The number of alkyl halides is 1. The fraction of sp³-hybridized carbons (Fsp3) is 0.471. The molecule has 1 aromatic carbocycles. The largest absolute Gasteiger partial charge is 0.268 e. The molecule has 2 rings (SSSR count). The highest BCUT2D eigenvalue weighted by Crippen LogP contribution is 2.30. The molecule has 0 spiro atoms. The van der Waals surface area contributed by atoms with Gasteiger partial charge in [0.2, 0.25) is 0 Å². The lowest BCUT2D eigenvalue weighted by molar-refractivity contribution is 0.594. The Labute approximate surface area is 140 Å². The summed E-state index contributed by atoms with van der Waals surface area (Å²) in [6, 6.07) is 8.57. The summed E-state index contributed by atoms with van der Waals surface area (Å²) < 4.78 is 2.05. The molecule has 0 saturated carbocycles. The van der Waals surface area contributed by atoms with Crippen LogP contribution in [-0.4, -0.2) is 15.1 Å². The van der Waals surface area contributed by atoms with Crippen LogP contribution in [0.15, 0.2) is 24.3 Å². The molecule has 0 aliphatic carbocycles. The molecular formula is C17H22BrClN2. The molecule has 0 bridgehead atoms. The maximum atomic E-state index is 6.54. The van der Waals surface area contributed by atoms with Crippen molar-refractivity contribution in [1.82, 2.24) is 9.78 Å². The molecule has 0 radical (unpaired) electrons. The average molecular weight is 370 g/mol. The van der Waals surface area contributed by atoms with Gasteiger partial charge in [-0.25, -0.2) is 0 Å². The van der Waals surface area contributed by atoms with Crippen molar-refractivity contribution < 1.29 is 0 Å². The molecule has 1 unspecified atom stereocenters. The molecule has 0 N–H and O–H groups in total. The summed E-state index contributed by atoms with van der Waals surface area (Å²) in [6.07, 6.45) is 1.79. The molecule has 2 aromatic rings. The SMILES string of the molecule is CCc1nn(CC)c(CC(CBr)c2ccccc2C)c1Cl. The third-order valence-electron chi connectivity index (χ3n) is 3.95. The van der Waals surface area contributed by atoms with E-state index in [4.69, 9.17) is 11.6 Å². The molecule has 0 saturated heterocycles. The van der Waals surface area contributed by atoms with Crippen LogP contribution < -0.4 is 0 Å². The maximum Gasteiger partial charge on any atom is 0.0850 e. The smallest absolute Gasteiger partial charge is 0.0850 e. The molecule has 0 amide bonds. The van der Waals surface area contributed by atoms with E-state index >= 15 is 0 Å². The second-order valence-electron chi connectivity index (χ2n) is 5.29. The van der Waals surface area contributed by atoms with Crippen molar-refractivity contribution in [2.75, 3.05) is 5.33 Å². The lowest BCUT2D eigenvalue weighted by Crippen LogP contribution is -2.11. The Morgan fingerprint density at radius 1 is 1.29 bits per heavy atom. The Balaban J connectivity index is 2.35. The summed E-state index contributed by atoms with van der Waals surface area (Å²) in [5.41, 5.74) is 4.87. The van der Waals surface area contributed by atoms with Crippen LogP contribution in [0.5, 0.6) is 0 Å². The van der Waals surface area contributed by atoms with E-state index in [2.05, 4.69) is 70.7 Å². The third-order valence-corrected chi connectivity index (χ3v) is 5.17. The van der Waals surface area contributed by atoms with Gasteiger partial charge < -0.3 is 0 Å². The zero-order valence-electron chi connectivity index (χ0n) is 12.9. The van der Waals surface area contributed by atoms with Crippen LogP contribution in [0.25, 0.3) is 0 Å². The molecule has 21 heavy (non-hydrogen) atoms. The number of aryl methyl sites for hydroxylation is 3. The van der Waals surface area contributed by atoms with Crippen LogP contribution in [0.2, 0.25) is 5.02 Å². The zero-order valence-corrected chi connectivity index (χ0v) is 15.2. The monoisotopic (exact) mass is 368 g/mol. The Kier molecular flexibility index (Phi) is 5.88. The van der Waals surface area contributed by atoms with Gasteiger partial charge >= 0.3 is 0 Å². The molecular weight excluding hydrogens is 348 g/mol. The maximum absolute atomic E-state index is 6.54. The Morgan fingerprint density at radius 3 is 2.57 bits per heavy atom. The van der Waals surface area contributed by atoms with Crippen molar-refractivity contribution >= 4 is 27.5 Å². The van der Waals surface area contributed by atoms with Crippen molar-refractivity contribution in [3.63, 3.8) is 0 Å². The second-order valence-corrected chi connectivity index (χ2v) is 6.31. The van der Waals surface area contributed by atoms with Crippen molar-refractivity contribution in [3.8, 4) is 0 Å². The molecule has 1 heterocycles. The summed E-state index contributed by atoms with van der Waals surface area (Å²) in [7, 11) is 0. The molecule has 114 valence electrons. The van der Waals surface area contributed by atoms with Gasteiger partial charge in [0.05, 0.1) is 16.4 Å². The number of rotatable bonds is 6. The first-order valence-corrected chi connectivity index (χ1v) is 8.97.